The van der Waals surface area contributed by atoms with Crippen molar-refractivity contribution < 1.29 is 14.1 Å². The summed E-state index contributed by atoms with van der Waals surface area (Å²) in [4.78, 5) is 9.92. The molecule has 24 heavy (non-hydrogen) atoms. The second-order valence-corrected chi connectivity index (χ2v) is 6.88. The van der Waals surface area contributed by atoms with Gasteiger partial charge in [-0.1, -0.05) is 0 Å². The molecule has 136 valence electrons. The Bertz CT molecular complexity index is 566. The van der Waals surface area contributed by atoms with Crippen LogP contribution in [0.1, 0.15) is 30.9 Å². The monoisotopic (exact) mass is 358 g/mol. The Morgan fingerprint density at radius 1 is 1.58 bits per heavy atom. The number of nitro groups is 1. The molecule has 0 bridgehead atoms. The Morgan fingerprint density at radius 3 is 2.83 bits per heavy atom. The average Bonchev–Trinajstić information content (AvgIpc) is 2.89. The highest BCUT2D eigenvalue weighted by Crippen LogP contribution is 2.27. The summed E-state index contributed by atoms with van der Waals surface area (Å²) in [5.41, 5.74) is 6.53. The number of rotatable bonds is 11. The summed E-state index contributed by atoms with van der Waals surface area (Å²) < 4.78 is 11.1. The van der Waals surface area contributed by atoms with Crippen molar-refractivity contribution in [3.63, 3.8) is 0 Å². The van der Waals surface area contributed by atoms with E-state index in [1.807, 2.05) is 19.9 Å². The van der Waals surface area contributed by atoms with Crippen molar-refractivity contribution in [1.29, 1.82) is 0 Å². The highest BCUT2D eigenvalue weighted by atomic mass is 32.2. The van der Waals surface area contributed by atoms with E-state index in [1.165, 1.54) is 0 Å². The molecule has 9 heteroatoms. The van der Waals surface area contributed by atoms with Crippen LogP contribution in [0.2, 0.25) is 0 Å². The van der Waals surface area contributed by atoms with Crippen LogP contribution in [0.25, 0.3) is 0 Å². The van der Waals surface area contributed by atoms with Crippen LogP contribution in [0.4, 0.5) is 0 Å². The quantitative estimate of drug-likeness (QED) is 0.311. The Hall–Kier alpha value is -1.71. The maximum Gasteiger partial charge on any atom is 0.274 e. The molecule has 0 aliphatic heterocycles. The van der Waals surface area contributed by atoms with E-state index in [4.69, 9.17) is 14.9 Å². The maximum atomic E-state index is 10.4. The fourth-order valence-electron chi connectivity index (χ4n) is 2.10. The van der Waals surface area contributed by atoms with E-state index in [1.54, 1.807) is 25.9 Å². The number of nitrogens with zero attached hydrogens (tertiary/aromatic N) is 1. The third kappa shape index (κ3) is 6.81. The molecule has 8 nitrogen and oxygen atoms in total. The van der Waals surface area contributed by atoms with Crippen LogP contribution in [0.15, 0.2) is 22.5 Å². The van der Waals surface area contributed by atoms with Gasteiger partial charge < -0.3 is 25.5 Å². The summed E-state index contributed by atoms with van der Waals surface area (Å²) in [7, 11) is 3.27. The van der Waals surface area contributed by atoms with Gasteiger partial charge in [-0.05, 0) is 19.9 Å². The molecule has 0 fully saturated rings. The first-order valence-corrected chi connectivity index (χ1v) is 8.68. The molecular weight excluding hydrogens is 332 g/mol. The Balaban J connectivity index is 2.49. The first-order chi connectivity index (χ1) is 11.3. The summed E-state index contributed by atoms with van der Waals surface area (Å²) in [6, 6.07) is 1.97. The van der Waals surface area contributed by atoms with Crippen molar-refractivity contribution in [3.05, 3.63) is 45.3 Å². The van der Waals surface area contributed by atoms with Gasteiger partial charge in [-0.2, -0.15) is 11.8 Å². The third-order valence-electron chi connectivity index (χ3n) is 3.06. The molecule has 0 aliphatic carbocycles. The lowest BCUT2D eigenvalue weighted by Gasteiger charge is -2.17. The zero-order valence-corrected chi connectivity index (χ0v) is 15.4. The minimum Gasteiger partial charge on any atom is -0.463 e. The minimum absolute atomic E-state index is 0.383. The predicted octanol–water partition coefficient (Wildman–Crippen LogP) is 1.74. The lowest BCUT2D eigenvalue weighted by atomic mass is 10.00. The third-order valence-corrected chi connectivity index (χ3v) is 4.04. The molecule has 1 aromatic heterocycles. The van der Waals surface area contributed by atoms with Gasteiger partial charge in [0.1, 0.15) is 11.5 Å². The van der Waals surface area contributed by atoms with Crippen LogP contribution >= 0.6 is 11.8 Å². The second-order valence-electron chi connectivity index (χ2n) is 5.78. The number of furan rings is 1. The molecule has 0 saturated carbocycles. The lowest BCUT2D eigenvalue weighted by Crippen LogP contribution is -2.29. The zero-order valence-electron chi connectivity index (χ0n) is 14.5. The lowest BCUT2D eigenvalue weighted by molar-refractivity contribution is -0.404. The van der Waals surface area contributed by atoms with Gasteiger partial charge in [0.2, 0.25) is 0 Å². The SMILES string of the molecule is CN/C(=C\[N+](=O)[O-])NCCSCc1cc(COC)c(C(C)(C)N)o1. The number of hydrogen-bond acceptors (Lipinski definition) is 8. The number of hydrogen-bond donors (Lipinski definition) is 3. The molecule has 0 aromatic carbocycles. The summed E-state index contributed by atoms with van der Waals surface area (Å²) in [5.74, 6) is 3.44. The minimum atomic E-state index is -0.562. The summed E-state index contributed by atoms with van der Waals surface area (Å²) in [6.07, 6.45) is 0.907. The fraction of sp³-hybridized carbons (Fsp3) is 0.600. The van der Waals surface area contributed by atoms with E-state index >= 15 is 0 Å². The van der Waals surface area contributed by atoms with Crippen LogP contribution < -0.4 is 16.4 Å². The topological polar surface area (TPSA) is 116 Å². The molecule has 4 N–H and O–H groups in total. The van der Waals surface area contributed by atoms with E-state index in [9.17, 15) is 10.1 Å². The standard InChI is InChI=1S/C15H26N4O4S/c1-15(2,16)14-11(9-22-4)7-12(23-14)10-24-6-5-18-13(17-3)8-19(20)21/h7-8,17-18H,5-6,9-10,16H2,1-4H3/b13-8+. The zero-order chi connectivity index (χ0) is 18.2. The number of thioether (sulfide) groups is 1. The molecule has 0 spiro atoms. The number of nitrogens with one attached hydrogen (secondary N) is 2. The van der Waals surface area contributed by atoms with Gasteiger partial charge in [0.25, 0.3) is 6.20 Å². The molecule has 0 radical (unpaired) electrons. The summed E-state index contributed by atoms with van der Waals surface area (Å²) in [6.45, 7) is 4.86. The number of ether oxygens (including phenoxy) is 1. The van der Waals surface area contributed by atoms with Crippen LogP contribution in [-0.4, -0.2) is 31.4 Å². The predicted molar refractivity (Wildman–Crippen MR) is 94.9 cm³/mol. The number of nitrogens with two attached hydrogens (primary N) is 1. The molecule has 1 aromatic rings. The van der Waals surface area contributed by atoms with E-state index < -0.39 is 10.5 Å². The Kier molecular flexibility index (Phi) is 8.09. The van der Waals surface area contributed by atoms with Gasteiger partial charge in [0.15, 0.2) is 5.82 Å². The van der Waals surface area contributed by atoms with E-state index in [-0.39, 0.29) is 0 Å². The van der Waals surface area contributed by atoms with Crippen LogP contribution in [0, 0.1) is 10.1 Å². The second kappa shape index (κ2) is 9.55. The van der Waals surface area contributed by atoms with Crippen molar-refractivity contribution in [2.75, 3.05) is 26.5 Å². The highest BCUT2D eigenvalue weighted by Gasteiger charge is 2.24. The molecule has 0 amide bonds. The first kappa shape index (κ1) is 20.3. The van der Waals surface area contributed by atoms with E-state index in [0.29, 0.717) is 24.7 Å². The molecular formula is C15H26N4O4S. The van der Waals surface area contributed by atoms with Gasteiger partial charge in [-0.25, -0.2) is 0 Å². The van der Waals surface area contributed by atoms with Crippen LogP contribution in [0.3, 0.4) is 0 Å². The first-order valence-electron chi connectivity index (χ1n) is 7.52. The van der Waals surface area contributed by atoms with Crippen molar-refractivity contribution in [2.24, 2.45) is 5.73 Å². The van der Waals surface area contributed by atoms with Gasteiger partial charge >= 0.3 is 0 Å². The Labute approximate surface area is 146 Å². The van der Waals surface area contributed by atoms with E-state index in [2.05, 4.69) is 10.6 Å². The largest absolute Gasteiger partial charge is 0.463 e. The molecule has 0 atom stereocenters. The van der Waals surface area contributed by atoms with E-state index in [0.717, 1.165) is 29.0 Å². The van der Waals surface area contributed by atoms with Gasteiger partial charge in [0, 0.05) is 32.0 Å². The van der Waals surface area contributed by atoms with Crippen molar-refractivity contribution in [3.8, 4) is 0 Å². The van der Waals surface area contributed by atoms with Crippen molar-refractivity contribution in [2.45, 2.75) is 31.7 Å². The molecule has 1 heterocycles. The maximum absolute atomic E-state index is 10.4. The van der Waals surface area contributed by atoms with Crippen LogP contribution in [0.5, 0.6) is 0 Å². The van der Waals surface area contributed by atoms with Crippen molar-refractivity contribution >= 4 is 11.8 Å². The van der Waals surface area contributed by atoms with Gasteiger partial charge in [-0.3, -0.25) is 10.1 Å². The molecule has 0 aliphatic rings. The molecule has 0 saturated heterocycles. The highest BCUT2D eigenvalue weighted by molar-refractivity contribution is 7.98. The smallest absolute Gasteiger partial charge is 0.274 e. The summed E-state index contributed by atoms with van der Waals surface area (Å²) >= 11 is 1.67. The normalized spacial score (nSPS) is 12.3. The average molecular weight is 358 g/mol. The Morgan fingerprint density at radius 2 is 2.29 bits per heavy atom. The van der Waals surface area contributed by atoms with Gasteiger partial charge in [0.05, 0.1) is 22.8 Å². The van der Waals surface area contributed by atoms with Crippen molar-refractivity contribution in [1.82, 2.24) is 10.6 Å². The molecule has 0 unspecified atom stereocenters. The fourth-order valence-corrected chi connectivity index (χ4v) is 2.83. The number of methoxy groups -OCH3 is 1. The van der Waals surface area contributed by atoms with Gasteiger partial charge in [-0.15, -0.1) is 0 Å². The summed E-state index contributed by atoms with van der Waals surface area (Å²) in [5, 5.41) is 16.1. The van der Waals surface area contributed by atoms with Crippen LogP contribution in [-0.2, 0) is 22.6 Å². The molecule has 1 rings (SSSR count).